The van der Waals surface area contributed by atoms with E-state index in [1.165, 1.54) is 0 Å². The zero-order valence-corrected chi connectivity index (χ0v) is 17.0. The average Bonchev–Trinajstić information content (AvgIpc) is 3.25. The fraction of sp³-hybridized carbons (Fsp3) is 0.0417. The third-order valence-electron chi connectivity index (χ3n) is 4.99. The number of carbonyl (C=O) groups excluding carboxylic acids is 1. The number of benzene rings is 3. The molecule has 5 rings (SSSR count). The summed E-state index contributed by atoms with van der Waals surface area (Å²) in [5.41, 5.74) is 3.24. The zero-order valence-electron chi connectivity index (χ0n) is 15.4. The molecule has 4 nitrogen and oxygen atoms in total. The van der Waals surface area contributed by atoms with Crippen LogP contribution in [0.1, 0.15) is 22.3 Å². The molecule has 1 aliphatic rings. The second-order valence-electron chi connectivity index (χ2n) is 6.81. The van der Waals surface area contributed by atoms with E-state index in [2.05, 4.69) is 21.2 Å². The summed E-state index contributed by atoms with van der Waals surface area (Å²) in [6.45, 7) is 0. The number of nitrogens with zero attached hydrogens (tertiary/aromatic N) is 1. The fourth-order valence-electron chi connectivity index (χ4n) is 3.58. The molecule has 1 N–H and O–H groups in total. The van der Waals surface area contributed by atoms with Crippen molar-refractivity contribution in [1.82, 2.24) is 0 Å². The van der Waals surface area contributed by atoms with Gasteiger partial charge in [-0.05, 0) is 48.5 Å². The molecule has 0 radical (unpaired) electrons. The van der Waals surface area contributed by atoms with E-state index in [4.69, 9.17) is 4.42 Å². The van der Waals surface area contributed by atoms with Gasteiger partial charge in [-0.3, -0.25) is 9.69 Å². The Kier molecular flexibility index (Phi) is 4.45. The maximum absolute atomic E-state index is 13.4. The Morgan fingerprint density at radius 3 is 2.34 bits per heavy atom. The number of para-hydroxylation sites is 2. The minimum absolute atomic E-state index is 0.0582. The van der Waals surface area contributed by atoms with Gasteiger partial charge in [0, 0.05) is 21.4 Å². The van der Waals surface area contributed by atoms with Crippen LogP contribution in [0.25, 0.3) is 11.3 Å². The van der Waals surface area contributed by atoms with Gasteiger partial charge in [0.2, 0.25) is 0 Å². The highest BCUT2D eigenvalue weighted by molar-refractivity contribution is 9.10. The second kappa shape index (κ2) is 7.26. The molecule has 1 amide bonds. The third kappa shape index (κ3) is 3.23. The van der Waals surface area contributed by atoms with Gasteiger partial charge in [-0.25, -0.2) is 0 Å². The van der Waals surface area contributed by atoms with Gasteiger partial charge in [0.05, 0.1) is 5.56 Å². The topological polar surface area (TPSA) is 45.5 Å². The Labute approximate surface area is 176 Å². The molecule has 0 spiro atoms. The van der Waals surface area contributed by atoms with Gasteiger partial charge in [0.1, 0.15) is 11.5 Å². The molecule has 1 atom stereocenters. The Morgan fingerprint density at radius 1 is 0.828 bits per heavy atom. The normalized spacial score (nSPS) is 15.7. The largest absolute Gasteiger partial charge is 0.457 e. The van der Waals surface area contributed by atoms with Crippen molar-refractivity contribution < 1.29 is 9.21 Å². The first-order valence-electron chi connectivity index (χ1n) is 9.30. The quantitative estimate of drug-likeness (QED) is 0.393. The molecule has 142 valence electrons. The van der Waals surface area contributed by atoms with Crippen molar-refractivity contribution in [1.29, 1.82) is 0 Å². The lowest BCUT2D eigenvalue weighted by molar-refractivity contribution is 0.0972. The van der Waals surface area contributed by atoms with E-state index in [9.17, 15) is 4.79 Å². The smallest absolute Gasteiger partial charge is 0.262 e. The number of fused-ring (bicyclic) bond motifs is 1. The molecule has 0 saturated carbocycles. The van der Waals surface area contributed by atoms with Crippen molar-refractivity contribution in [2.24, 2.45) is 0 Å². The van der Waals surface area contributed by atoms with Crippen LogP contribution in [0.2, 0.25) is 0 Å². The fourth-order valence-corrected chi connectivity index (χ4v) is 3.84. The number of rotatable bonds is 3. The Hall–Kier alpha value is -3.31. The van der Waals surface area contributed by atoms with Crippen molar-refractivity contribution in [3.05, 3.63) is 107 Å². The molecule has 1 aliphatic heterocycles. The first kappa shape index (κ1) is 17.8. The molecule has 3 aromatic carbocycles. The number of furan rings is 1. The summed E-state index contributed by atoms with van der Waals surface area (Å²) in [7, 11) is 0. The summed E-state index contributed by atoms with van der Waals surface area (Å²) in [6.07, 6.45) is -0.441. The van der Waals surface area contributed by atoms with Crippen LogP contribution in [0.3, 0.4) is 0 Å². The van der Waals surface area contributed by atoms with Gasteiger partial charge < -0.3 is 9.73 Å². The predicted molar refractivity (Wildman–Crippen MR) is 118 cm³/mol. The molecular formula is C24H17BrN2O2. The molecule has 5 heteroatoms. The lowest BCUT2D eigenvalue weighted by atomic mass is 10.1. The van der Waals surface area contributed by atoms with Crippen LogP contribution in [0, 0.1) is 0 Å². The molecule has 1 unspecified atom stereocenters. The van der Waals surface area contributed by atoms with Gasteiger partial charge in [0.25, 0.3) is 5.91 Å². The molecule has 0 fully saturated rings. The second-order valence-corrected chi connectivity index (χ2v) is 7.73. The molecule has 1 aromatic heterocycles. The molecule has 2 heterocycles. The van der Waals surface area contributed by atoms with Crippen molar-refractivity contribution in [3.63, 3.8) is 0 Å². The van der Waals surface area contributed by atoms with Gasteiger partial charge in [-0.15, -0.1) is 0 Å². The summed E-state index contributed by atoms with van der Waals surface area (Å²) in [4.78, 5) is 15.1. The predicted octanol–water partition coefficient (Wildman–Crippen LogP) is 6.48. The minimum Gasteiger partial charge on any atom is -0.457 e. The Balaban J connectivity index is 1.58. The molecule has 29 heavy (non-hydrogen) atoms. The van der Waals surface area contributed by atoms with E-state index in [0.717, 1.165) is 27.2 Å². The van der Waals surface area contributed by atoms with Crippen LogP contribution in [0.4, 0.5) is 11.4 Å². The van der Waals surface area contributed by atoms with Crippen molar-refractivity contribution >= 4 is 33.2 Å². The molecule has 0 bridgehead atoms. The van der Waals surface area contributed by atoms with E-state index in [1.54, 1.807) is 4.90 Å². The highest BCUT2D eigenvalue weighted by Gasteiger charge is 2.35. The summed E-state index contributed by atoms with van der Waals surface area (Å²) in [6, 6.07) is 29.0. The number of halogens is 1. The summed E-state index contributed by atoms with van der Waals surface area (Å²) >= 11 is 3.46. The van der Waals surface area contributed by atoms with Crippen LogP contribution in [0.15, 0.2) is 99.9 Å². The van der Waals surface area contributed by atoms with Crippen molar-refractivity contribution in [2.75, 3.05) is 10.2 Å². The van der Waals surface area contributed by atoms with E-state index in [-0.39, 0.29) is 5.91 Å². The number of amides is 1. The highest BCUT2D eigenvalue weighted by Crippen LogP contribution is 2.38. The van der Waals surface area contributed by atoms with Crippen LogP contribution >= 0.6 is 15.9 Å². The Morgan fingerprint density at radius 2 is 1.55 bits per heavy atom. The maximum Gasteiger partial charge on any atom is 0.262 e. The summed E-state index contributed by atoms with van der Waals surface area (Å²) < 4.78 is 7.21. The van der Waals surface area contributed by atoms with E-state index < -0.39 is 6.17 Å². The van der Waals surface area contributed by atoms with Crippen LogP contribution < -0.4 is 10.2 Å². The van der Waals surface area contributed by atoms with Crippen LogP contribution in [-0.4, -0.2) is 5.91 Å². The number of hydrogen-bond acceptors (Lipinski definition) is 3. The first-order valence-corrected chi connectivity index (χ1v) is 10.1. The summed E-state index contributed by atoms with van der Waals surface area (Å²) in [5, 5.41) is 3.47. The standard InChI is InChI=1S/C24H17BrN2O2/c25-17-12-10-16(11-13-17)21-14-15-22(29-21)23-26-20-9-5-4-8-19(20)24(28)27(23)18-6-2-1-3-7-18/h1-15,23,26H. The van der Waals surface area contributed by atoms with E-state index >= 15 is 0 Å². The number of carbonyl (C=O) groups is 1. The Bertz CT molecular complexity index is 1170. The van der Waals surface area contributed by atoms with Gasteiger partial charge >= 0.3 is 0 Å². The monoisotopic (exact) mass is 444 g/mol. The SMILES string of the molecule is O=C1c2ccccc2NC(c2ccc(-c3ccc(Br)cc3)o2)N1c1ccccc1. The van der Waals surface area contributed by atoms with Crippen molar-refractivity contribution in [2.45, 2.75) is 6.17 Å². The van der Waals surface area contributed by atoms with Gasteiger partial charge in [-0.2, -0.15) is 0 Å². The van der Waals surface area contributed by atoms with Crippen LogP contribution in [0.5, 0.6) is 0 Å². The van der Waals surface area contributed by atoms with Crippen molar-refractivity contribution in [3.8, 4) is 11.3 Å². The average molecular weight is 445 g/mol. The van der Waals surface area contributed by atoms with Gasteiger partial charge in [0.15, 0.2) is 6.17 Å². The lowest BCUT2D eigenvalue weighted by Gasteiger charge is -2.36. The summed E-state index contributed by atoms with van der Waals surface area (Å²) in [5.74, 6) is 1.38. The number of nitrogens with one attached hydrogen (secondary N) is 1. The van der Waals surface area contributed by atoms with E-state index in [1.807, 2.05) is 91.0 Å². The highest BCUT2D eigenvalue weighted by atomic mass is 79.9. The molecular weight excluding hydrogens is 428 g/mol. The first-order chi connectivity index (χ1) is 14.2. The molecule has 4 aromatic rings. The molecule has 0 saturated heterocycles. The lowest BCUT2D eigenvalue weighted by Crippen LogP contribution is -2.43. The third-order valence-corrected chi connectivity index (χ3v) is 5.51. The van der Waals surface area contributed by atoms with E-state index in [0.29, 0.717) is 11.3 Å². The number of hydrogen-bond donors (Lipinski definition) is 1. The minimum atomic E-state index is -0.441. The molecule has 0 aliphatic carbocycles. The maximum atomic E-state index is 13.4. The number of anilines is 2. The zero-order chi connectivity index (χ0) is 19.8. The van der Waals surface area contributed by atoms with Gasteiger partial charge in [-0.1, -0.05) is 58.4 Å². The van der Waals surface area contributed by atoms with Crippen LogP contribution in [-0.2, 0) is 0 Å².